The third-order valence-electron chi connectivity index (χ3n) is 5.63. The minimum Gasteiger partial charge on any atom is -0.347 e. The number of amides is 2. The SMILES string of the molecule is CCCCCCCCCCCCCC(=O)NCC(=O)N/N=C\c1cc2ccccc2[nH]c1=O. The van der Waals surface area contributed by atoms with Crippen LogP contribution in [0.3, 0.4) is 0 Å². The van der Waals surface area contributed by atoms with Gasteiger partial charge in [-0.25, -0.2) is 5.43 Å². The topological polar surface area (TPSA) is 103 Å². The summed E-state index contributed by atoms with van der Waals surface area (Å²) >= 11 is 0. The van der Waals surface area contributed by atoms with E-state index in [1.807, 2.05) is 24.3 Å². The van der Waals surface area contributed by atoms with Gasteiger partial charge >= 0.3 is 0 Å². The van der Waals surface area contributed by atoms with Crippen molar-refractivity contribution in [3.8, 4) is 0 Å². The van der Waals surface area contributed by atoms with E-state index in [4.69, 9.17) is 0 Å². The molecular weight excluding hydrogens is 416 g/mol. The number of rotatable bonds is 16. The van der Waals surface area contributed by atoms with Crippen molar-refractivity contribution in [1.82, 2.24) is 15.7 Å². The molecular formula is C26H38N4O3. The van der Waals surface area contributed by atoms with Crippen LogP contribution < -0.4 is 16.3 Å². The number of carbonyl (C=O) groups is 2. The van der Waals surface area contributed by atoms with E-state index in [0.29, 0.717) is 12.0 Å². The molecule has 0 unspecified atom stereocenters. The molecule has 2 amide bonds. The highest BCUT2D eigenvalue weighted by molar-refractivity contribution is 5.89. The number of nitrogens with zero attached hydrogens (tertiary/aromatic N) is 1. The van der Waals surface area contributed by atoms with Gasteiger partial charge < -0.3 is 10.3 Å². The third-order valence-corrected chi connectivity index (χ3v) is 5.63. The van der Waals surface area contributed by atoms with Gasteiger partial charge in [0.25, 0.3) is 11.5 Å². The number of aromatic amines is 1. The average Bonchev–Trinajstić information content (AvgIpc) is 2.81. The Morgan fingerprint density at radius 1 is 0.909 bits per heavy atom. The van der Waals surface area contributed by atoms with Crippen molar-refractivity contribution in [1.29, 1.82) is 0 Å². The molecule has 0 bridgehead atoms. The largest absolute Gasteiger partial charge is 0.347 e. The van der Waals surface area contributed by atoms with Gasteiger partial charge in [0.05, 0.1) is 18.3 Å². The minimum atomic E-state index is -0.434. The van der Waals surface area contributed by atoms with Crippen molar-refractivity contribution in [2.75, 3.05) is 6.54 Å². The van der Waals surface area contributed by atoms with Crippen molar-refractivity contribution in [2.24, 2.45) is 5.10 Å². The van der Waals surface area contributed by atoms with Crippen LogP contribution in [0.4, 0.5) is 0 Å². The van der Waals surface area contributed by atoms with Gasteiger partial charge in [0.1, 0.15) is 0 Å². The molecule has 7 nitrogen and oxygen atoms in total. The maximum atomic E-state index is 12.1. The van der Waals surface area contributed by atoms with Gasteiger partial charge in [-0.1, -0.05) is 89.3 Å². The normalized spacial score (nSPS) is 11.2. The monoisotopic (exact) mass is 454 g/mol. The van der Waals surface area contributed by atoms with E-state index in [0.717, 1.165) is 30.2 Å². The highest BCUT2D eigenvalue weighted by Gasteiger charge is 2.05. The highest BCUT2D eigenvalue weighted by Crippen LogP contribution is 2.12. The molecule has 7 heteroatoms. The van der Waals surface area contributed by atoms with E-state index in [1.54, 1.807) is 6.07 Å². The Balaban J connectivity index is 1.53. The quantitative estimate of drug-likeness (QED) is 0.193. The summed E-state index contributed by atoms with van der Waals surface area (Å²) in [4.78, 5) is 38.6. The zero-order valence-corrected chi connectivity index (χ0v) is 19.8. The van der Waals surface area contributed by atoms with Crippen LogP contribution in [-0.2, 0) is 9.59 Å². The van der Waals surface area contributed by atoms with Crippen LogP contribution in [0.2, 0.25) is 0 Å². The molecule has 2 rings (SSSR count). The highest BCUT2D eigenvalue weighted by atomic mass is 16.2. The Bertz CT molecular complexity index is 952. The van der Waals surface area contributed by atoms with E-state index in [2.05, 4.69) is 27.8 Å². The molecule has 0 spiro atoms. The number of hydrogen-bond donors (Lipinski definition) is 3. The zero-order valence-electron chi connectivity index (χ0n) is 19.8. The summed E-state index contributed by atoms with van der Waals surface area (Å²) in [7, 11) is 0. The molecule has 0 aliphatic carbocycles. The predicted octanol–water partition coefficient (Wildman–Crippen LogP) is 4.80. The molecule has 1 heterocycles. The first-order valence-electron chi connectivity index (χ1n) is 12.3. The van der Waals surface area contributed by atoms with E-state index >= 15 is 0 Å². The minimum absolute atomic E-state index is 0.129. The summed E-state index contributed by atoms with van der Waals surface area (Å²) in [6.45, 7) is 2.10. The van der Waals surface area contributed by atoms with Gasteiger partial charge in [-0.05, 0) is 23.9 Å². The summed E-state index contributed by atoms with van der Waals surface area (Å²) in [5.74, 6) is -0.563. The van der Waals surface area contributed by atoms with E-state index in [1.165, 1.54) is 57.6 Å². The molecule has 33 heavy (non-hydrogen) atoms. The lowest BCUT2D eigenvalue weighted by Crippen LogP contribution is -2.34. The fraction of sp³-hybridized carbons (Fsp3) is 0.538. The molecule has 0 saturated carbocycles. The number of para-hydroxylation sites is 1. The van der Waals surface area contributed by atoms with Gasteiger partial charge in [-0.15, -0.1) is 0 Å². The maximum Gasteiger partial charge on any atom is 0.259 e. The van der Waals surface area contributed by atoms with E-state index in [9.17, 15) is 14.4 Å². The number of fused-ring (bicyclic) bond motifs is 1. The first kappa shape index (κ1) is 26.3. The van der Waals surface area contributed by atoms with Gasteiger partial charge in [0.2, 0.25) is 5.91 Å². The van der Waals surface area contributed by atoms with Crippen LogP contribution >= 0.6 is 0 Å². The van der Waals surface area contributed by atoms with Crippen molar-refractivity contribution in [2.45, 2.75) is 84.0 Å². The van der Waals surface area contributed by atoms with Crippen molar-refractivity contribution in [3.63, 3.8) is 0 Å². The number of aromatic nitrogens is 1. The Hall–Kier alpha value is -2.96. The summed E-state index contributed by atoms with van der Waals surface area (Å²) in [5, 5.41) is 7.31. The zero-order chi connectivity index (χ0) is 23.7. The maximum absolute atomic E-state index is 12.1. The molecule has 180 valence electrons. The number of carbonyl (C=O) groups excluding carboxylic acids is 2. The Labute approximate surface area is 196 Å². The first-order chi connectivity index (χ1) is 16.1. The fourth-order valence-electron chi connectivity index (χ4n) is 3.69. The lowest BCUT2D eigenvalue weighted by atomic mass is 10.1. The summed E-state index contributed by atoms with van der Waals surface area (Å²) in [6, 6.07) is 9.13. The van der Waals surface area contributed by atoms with Gasteiger partial charge in [0, 0.05) is 11.9 Å². The van der Waals surface area contributed by atoms with E-state index < -0.39 is 5.91 Å². The molecule has 0 atom stereocenters. The number of unbranched alkanes of at least 4 members (excludes halogenated alkanes) is 10. The van der Waals surface area contributed by atoms with Gasteiger partial charge in [0.15, 0.2) is 0 Å². The molecule has 0 aliphatic heterocycles. The van der Waals surface area contributed by atoms with Crippen LogP contribution in [0.1, 0.15) is 89.5 Å². The lowest BCUT2D eigenvalue weighted by molar-refractivity contribution is -0.126. The van der Waals surface area contributed by atoms with Gasteiger partial charge in [-0.2, -0.15) is 5.10 Å². The Morgan fingerprint density at radius 2 is 1.55 bits per heavy atom. The van der Waals surface area contributed by atoms with E-state index in [-0.39, 0.29) is 18.0 Å². The summed E-state index contributed by atoms with van der Waals surface area (Å²) in [5.41, 5.74) is 3.13. The molecule has 3 N–H and O–H groups in total. The molecule has 1 aromatic carbocycles. The molecule has 1 aromatic heterocycles. The van der Waals surface area contributed by atoms with Crippen LogP contribution in [0.5, 0.6) is 0 Å². The number of benzene rings is 1. The molecule has 0 fully saturated rings. The van der Waals surface area contributed by atoms with Gasteiger partial charge in [-0.3, -0.25) is 14.4 Å². The third kappa shape index (κ3) is 10.9. The van der Waals surface area contributed by atoms with Crippen LogP contribution in [0.25, 0.3) is 10.9 Å². The lowest BCUT2D eigenvalue weighted by Gasteiger charge is -2.05. The van der Waals surface area contributed by atoms with Crippen LogP contribution in [0, 0.1) is 0 Å². The molecule has 2 aromatic rings. The number of nitrogens with one attached hydrogen (secondary N) is 3. The fourth-order valence-corrected chi connectivity index (χ4v) is 3.69. The Kier molecular flexibility index (Phi) is 12.6. The average molecular weight is 455 g/mol. The second-order valence-electron chi connectivity index (χ2n) is 8.50. The van der Waals surface area contributed by atoms with Crippen molar-refractivity contribution >= 4 is 28.9 Å². The number of H-pyrrole nitrogens is 1. The first-order valence-corrected chi connectivity index (χ1v) is 12.3. The molecule has 0 aliphatic rings. The van der Waals surface area contributed by atoms with Crippen LogP contribution in [-0.4, -0.2) is 29.6 Å². The van der Waals surface area contributed by atoms with Crippen molar-refractivity contribution < 1.29 is 9.59 Å². The smallest absolute Gasteiger partial charge is 0.259 e. The number of pyridine rings is 1. The standard InChI is InChI=1S/C26H38N4O3/c1-2-3-4-5-6-7-8-9-10-11-12-17-24(31)27-20-25(32)30-28-19-22-18-21-15-13-14-16-23(21)29-26(22)33/h13-16,18-19H,2-12,17,20H2,1H3,(H,27,31)(H,29,33)(H,30,32)/b28-19-. The Morgan fingerprint density at radius 3 is 2.24 bits per heavy atom. The second-order valence-corrected chi connectivity index (χ2v) is 8.50. The van der Waals surface area contributed by atoms with Crippen molar-refractivity contribution in [3.05, 3.63) is 46.2 Å². The summed E-state index contributed by atoms with van der Waals surface area (Å²) < 4.78 is 0. The number of hydrazone groups is 1. The predicted molar refractivity (Wildman–Crippen MR) is 134 cm³/mol. The number of hydrogen-bond acceptors (Lipinski definition) is 4. The van der Waals surface area contributed by atoms with Crippen LogP contribution in [0.15, 0.2) is 40.2 Å². The molecule has 0 radical (unpaired) electrons. The molecule has 0 saturated heterocycles. The summed E-state index contributed by atoms with van der Waals surface area (Å²) in [6.07, 6.45) is 15.3. The second kappa shape index (κ2) is 15.8.